The standard InChI is InChI=1S/C15H22FNO5/c1-19-14(18)7-5-12-9-15(10-20-16)13(21-12)6-4-11(22-15)3-2-8-17/h11-13H,2-7,9-10H2,1H3. The predicted octanol–water partition coefficient (Wildman–Crippen LogP) is 2.22. The monoisotopic (exact) mass is 315 g/mol. The maximum atomic E-state index is 12.5. The Hall–Kier alpha value is -1.23. The van der Waals surface area contributed by atoms with E-state index in [2.05, 4.69) is 15.7 Å². The summed E-state index contributed by atoms with van der Waals surface area (Å²) in [4.78, 5) is 15.1. The van der Waals surface area contributed by atoms with Gasteiger partial charge in [0.05, 0.1) is 31.5 Å². The number of nitriles is 1. The number of nitrogens with zero attached hydrogens (tertiary/aromatic N) is 1. The lowest BCUT2D eigenvalue weighted by atomic mass is 9.86. The Labute approximate surface area is 129 Å². The zero-order chi connectivity index (χ0) is 16.0. The Morgan fingerprint density at radius 3 is 2.91 bits per heavy atom. The number of hydrogen-bond donors (Lipinski definition) is 0. The van der Waals surface area contributed by atoms with E-state index in [0.717, 1.165) is 12.8 Å². The van der Waals surface area contributed by atoms with Gasteiger partial charge in [-0.05, 0) is 30.2 Å². The van der Waals surface area contributed by atoms with Crippen molar-refractivity contribution in [1.82, 2.24) is 0 Å². The molecule has 0 aliphatic carbocycles. The fraction of sp³-hybridized carbons (Fsp3) is 0.867. The van der Waals surface area contributed by atoms with Crippen molar-refractivity contribution >= 4 is 5.97 Å². The predicted molar refractivity (Wildman–Crippen MR) is 73.3 cm³/mol. The van der Waals surface area contributed by atoms with Crippen LogP contribution < -0.4 is 0 Å². The first-order valence-corrected chi connectivity index (χ1v) is 7.64. The number of esters is 1. The molecule has 0 aromatic rings. The number of halogens is 1. The van der Waals surface area contributed by atoms with E-state index in [-0.39, 0.29) is 37.3 Å². The quantitative estimate of drug-likeness (QED) is 0.670. The molecule has 0 amide bonds. The van der Waals surface area contributed by atoms with Gasteiger partial charge in [0.15, 0.2) is 0 Å². The maximum Gasteiger partial charge on any atom is 0.305 e. The van der Waals surface area contributed by atoms with Crippen LogP contribution in [0.1, 0.15) is 44.9 Å². The number of carbonyl (C=O) groups excluding carboxylic acids is 1. The van der Waals surface area contributed by atoms with Crippen LogP contribution in [-0.2, 0) is 23.9 Å². The first kappa shape index (κ1) is 17.1. The summed E-state index contributed by atoms with van der Waals surface area (Å²) >= 11 is 0. The van der Waals surface area contributed by atoms with Gasteiger partial charge < -0.3 is 14.2 Å². The highest BCUT2D eigenvalue weighted by atomic mass is 19.3. The minimum Gasteiger partial charge on any atom is -0.469 e. The maximum absolute atomic E-state index is 12.5. The molecule has 0 radical (unpaired) electrons. The molecular formula is C15H22FNO5. The van der Waals surface area contributed by atoms with E-state index in [9.17, 15) is 9.32 Å². The van der Waals surface area contributed by atoms with E-state index in [0.29, 0.717) is 25.7 Å². The number of ether oxygens (including phenoxy) is 3. The lowest BCUT2D eigenvalue weighted by Gasteiger charge is -2.40. The summed E-state index contributed by atoms with van der Waals surface area (Å²) < 4.78 is 29.1. The second kappa shape index (κ2) is 7.86. The fourth-order valence-electron chi connectivity index (χ4n) is 3.36. The minimum atomic E-state index is -0.812. The van der Waals surface area contributed by atoms with Crippen LogP contribution in [0.5, 0.6) is 0 Å². The van der Waals surface area contributed by atoms with E-state index >= 15 is 0 Å². The van der Waals surface area contributed by atoms with E-state index < -0.39 is 5.60 Å². The zero-order valence-corrected chi connectivity index (χ0v) is 12.8. The lowest BCUT2D eigenvalue weighted by molar-refractivity contribution is -0.241. The Bertz CT molecular complexity index is 427. The van der Waals surface area contributed by atoms with Crippen molar-refractivity contribution in [2.45, 2.75) is 68.9 Å². The van der Waals surface area contributed by atoms with Crippen LogP contribution in [0, 0.1) is 11.3 Å². The summed E-state index contributed by atoms with van der Waals surface area (Å²) in [6.07, 6.45) is 3.35. The van der Waals surface area contributed by atoms with Crippen LogP contribution in [-0.4, -0.2) is 43.6 Å². The van der Waals surface area contributed by atoms with E-state index in [1.54, 1.807) is 0 Å². The second-order valence-corrected chi connectivity index (χ2v) is 5.90. The topological polar surface area (TPSA) is 77.8 Å². The molecule has 2 aliphatic heterocycles. The molecule has 0 aromatic carbocycles. The van der Waals surface area contributed by atoms with Gasteiger partial charge in [0, 0.05) is 19.3 Å². The second-order valence-electron chi connectivity index (χ2n) is 5.90. The summed E-state index contributed by atoms with van der Waals surface area (Å²) in [5.74, 6) is -0.290. The van der Waals surface area contributed by atoms with Gasteiger partial charge in [-0.3, -0.25) is 4.79 Å². The van der Waals surface area contributed by atoms with Gasteiger partial charge in [-0.25, -0.2) is 0 Å². The summed E-state index contributed by atoms with van der Waals surface area (Å²) in [6.45, 7) is -0.185. The molecular weight excluding hydrogens is 293 g/mol. The highest BCUT2D eigenvalue weighted by Gasteiger charge is 2.53. The van der Waals surface area contributed by atoms with Gasteiger partial charge in [0.1, 0.15) is 12.2 Å². The number of methoxy groups -OCH3 is 1. The Morgan fingerprint density at radius 2 is 2.23 bits per heavy atom. The molecule has 6 nitrogen and oxygen atoms in total. The van der Waals surface area contributed by atoms with Gasteiger partial charge in [-0.15, -0.1) is 0 Å². The van der Waals surface area contributed by atoms with Crippen molar-refractivity contribution in [3.8, 4) is 6.07 Å². The Kier molecular flexibility index (Phi) is 6.12. The number of carbonyl (C=O) groups is 1. The zero-order valence-electron chi connectivity index (χ0n) is 12.8. The summed E-state index contributed by atoms with van der Waals surface area (Å²) in [5.41, 5.74) is -0.812. The molecule has 0 aromatic heterocycles. The van der Waals surface area contributed by atoms with Crippen LogP contribution in [0.3, 0.4) is 0 Å². The summed E-state index contributed by atoms with van der Waals surface area (Å²) in [5, 5.41) is 8.68. The van der Waals surface area contributed by atoms with E-state index in [4.69, 9.17) is 14.7 Å². The van der Waals surface area contributed by atoms with Crippen LogP contribution in [0.15, 0.2) is 0 Å². The van der Waals surface area contributed by atoms with Crippen molar-refractivity contribution in [1.29, 1.82) is 5.26 Å². The molecule has 22 heavy (non-hydrogen) atoms. The van der Waals surface area contributed by atoms with Crippen molar-refractivity contribution in [2.24, 2.45) is 0 Å². The number of hydrogen-bond acceptors (Lipinski definition) is 6. The van der Waals surface area contributed by atoms with Gasteiger partial charge in [0.2, 0.25) is 0 Å². The first-order valence-electron chi connectivity index (χ1n) is 7.64. The van der Waals surface area contributed by atoms with Gasteiger partial charge >= 0.3 is 5.97 Å². The molecule has 2 rings (SSSR count). The number of fused-ring (bicyclic) bond motifs is 1. The smallest absolute Gasteiger partial charge is 0.305 e. The SMILES string of the molecule is COC(=O)CCC1CC2(COF)OC(CCC#N)CCC2O1. The van der Waals surface area contributed by atoms with Gasteiger partial charge in [-0.1, -0.05) is 0 Å². The molecule has 0 N–H and O–H groups in total. The van der Waals surface area contributed by atoms with Gasteiger partial charge in [-0.2, -0.15) is 10.2 Å². The van der Waals surface area contributed by atoms with Crippen molar-refractivity contribution in [3.05, 3.63) is 0 Å². The number of rotatable bonds is 7. The Balaban J connectivity index is 1.96. The average molecular weight is 315 g/mol. The third-order valence-electron chi connectivity index (χ3n) is 4.44. The molecule has 0 bridgehead atoms. The van der Waals surface area contributed by atoms with Gasteiger partial charge in [0.25, 0.3) is 0 Å². The van der Waals surface area contributed by atoms with Crippen molar-refractivity contribution < 1.29 is 28.5 Å². The molecule has 7 heteroatoms. The normalized spacial score (nSPS) is 34.0. The molecule has 0 spiro atoms. The third kappa shape index (κ3) is 3.94. The molecule has 2 fully saturated rings. The largest absolute Gasteiger partial charge is 0.469 e. The van der Waals surface area contributed by atoms with E-state index in [1.807, 2.05) is 0 Å². The van der Waals surface area contributed by atoms with Crippen LogP contribution >= 0.6 is 0 Å². The molecule has 0 saturated carbocycles. The van der Waals surface area contributed by atoms with Crippen molar-refractivity contribution in [3.63, 3.8) is 0 Å². The molecule has 4 atom stereocenters. The van der Waals surface area contributed by atoms with Crippen LogP contribution in [0.4, 0.5) is 4.53 Å². The van der Waals surface area contributed by atoms with Crippen molar-refractivity contribution in [2.75, 3.05) is 13.7 Å². The highest BCUT2D eigenvalue weighted by molar-refractivity contribution is 5.69. The molecule has 2 saturated heterocycles. The van der Waals surface area contributed by atoms with Crippen LogP contribution in [0.25, 0.3) is 0 Å². The summed E-state index contributed by atoms with van der Waals surface area (Å²) in [6, 6.07) is 2.10. The third-order valence-corrected chi connectivity index (χ3v) is 4.44. The Morgan fingerprint density at radius 1 is 1.41 bits per heavy atom. The molecule has 124 valence electrons. The first-order chi connectivity index (χ1) is 10.6. The summed E-state index contributed by atoms with van der Waals surface area (Å²) in [7, 11) is 1.35. The average Bonchev–Trinajstić information content (AvgIpc) is 2.88. The molecule has 2 aliphatic rings. The minimum absolute atomic E-state index is 0.0750. The highest BCUT2D eigenvalue weighted by Crippen LogP contribution is 2.43. The molecule has 2 heterocycles. The molecule has 4 unspecified atom stereocenters. The lowest BCUT2D eigenvalue weighted by Crippen LogP contribution is -2.51. The van der Waals surface area contributed by atoms with Crippen LogP contribution in [0.2, 0.25) is 0 Å². The fourth-order valence-corrected chi connectivity index (χ4v) is 3.36. The van der Waals surface area contributed by atoms with E-state index in [1.165, 1.54) is 7.11 Å².